The molecule has 0 aliphatic rings. The summed E-state index contributed by atoms with van der Waals surface area (Å²) in [5.74, 6) is -0.808. The van der Waals surface area contributed by atoms with Crippen LogP contribution in [-0.4, -0.2) is 52.3 Å². The molecule has 0 unspecified atom stereocenters. The van der Waals surface area contributed by atoms with Gasteiger partial charge in [-0.05, 0) is 0 Å². The monoisotopic (exact) mass is 234 g/mol. The highest BCUT2D eigenvalue weighted by Crippen LogP contribution is 2.12. The van der Waals surface area contributed by atoms with E-state index in [1.165, 1.54) is 13.8 Å². The lowest BCUT2D eigenvalue weighted by molar-refractivity contribution is -0.861. The van der Waals surface area contributed by atoms with Crippen LogP contribution in [0.2, 0.25) is 6.55 Å². The lowest BCUT2D eigenvalue weighted by atomic mass is 10.8. The minimum absolute atomic E-state index is 0.404. The molecular weight excluding hydrogens is 214 g/mol. The van der Waals surface area contributed by atoms with Crippen LogP contribution in [0.5, 0.6) is 0 Å². The van der Waals surface area contributed by atoms with E-state index in [1.807, 2.05) is 21.1 Å². The number of hydrogen-bond donors (Lipinski definition) is 0. The summed E-state index contributed by atoms with van der Waals surface area (Å²) in [5.41, 5.74) is 0. The zero-order valence-electron chi connectivity index (χ0n) is 10.3. The number of quaternary nitrogens is 1. The van der Waals surface area contributed by atoms with Gasteiger partial charge < -0.3 is 13.3 Å². The van der Waals surface area contributed by atoms with Crippen LogP contribution in [-0.2, 0) is 18.4 Å². The molecule has 0 rings (SSSR count). The van der Waals surface area contributed by atoms with Gasteiger partial charge >= 0.3 is 8.56 Å². The van der Waals surface area contributed by atoms with E-state index in [1.54, 1.807) is 6.55 Å². The van der Waals surface area contributed by atoms with Gasteiger partial charge in [0.25, 0.3) is 11.9 Å². The Morgan fingerprint density at radius 1 is 1.07 bits per heavy atom. The first-order valence-electron chi connectivity index (χ1n) is 4.74. The van der Waals surface area contributed by atoms with E-state index in [9.17, 15) is 9.59 Å². The highest BCUT2D eigenvalue weighted by molar-refractivity contribution is 6.68. The van der Waals surface area contributed by atoms with E-state index in [-0.39, 0.29) is 0 Å². The first kappa shape index (κ1) is 14.1. The number of carbonyl (C=O) groups is 2. The topological polar surface area (TPSA) is 52.6 Å². The summed E-state index contributed by atoms with van der Waals surface area (Å²) >= 11 is 0. The van der Waals surface area contributed by atoms with E-state index in [0.29, 0.717) is 10.7 Å². The molecule has 0 aliphatic heterocycles. The van der Waals surface area contributed by atoms with Gasteiger partial charge in [-0.25, -0.2) is 0 Å². The average Bonchev–Trinajstić information content (AvgIpc) is 1.73. The Kier molecular flexibility index (Phi) is 4.48. The highest BCUT2D eigenvalue weighted by atomic mass is 28.4. The number of hydrogen-bond acceptors (Lipinski definition) is 4. The van der Waals surface area contributed by atoms with Crippen molar-refractivity contribution in [1.82, 2.24) is 0 Å². The molecule has 15 heavy (non-hydrogen) atoms. The van der Waals surface area contributed by atoms with Crippen molar-refractivity contribution in [3.05, 3.63) is 0 Å². The SMILES string of the molecule is CC(=O)O[Si](C)(C[N+](C)(C)C)OC(C)=O. The van der Waals surface area contributed by atoms with Gasteiger partial charge in [0.05, 0.1) is 21.1 Å². The van der Waals surface area contributed by atoms with Gasteiger partial charge in [-0.1, -0.05) is 0 Å². The second-order valence-electron chi connectivity index (χ2n) is 4.77. The third kappa shape index (κ3) is 7.09. The van der Waals surface area contributed by atoms with Crippen molar-refractivity contribution in [2.24, 2.45) is 0 Å². The number of rotatable bonds is 4. The molecule has 0 amide bonds. The molecule has 0 aromatic rings. The summed E-state index contributed by atoms with van der Waals surface area (Å²) in [4.78, 5) is 21.9. The molecule has 6 heteroatoms. The molecule has 0 aromatic heterocycles. The summed E-state index contributed by atoms with van der Waals surface area (Å²) in [6.45, 7) is 4.37. The third-order valence-corrected chi connectivity index (χ3v) is 4.44. The Labute approximate surface area is 91.8 Å². The molecule has 0 atom stereocenters. The minimum Gasteiger partial charge on any atom is -0.482 e. The predicted molar refractivity (Wildman–Crippen MR) is 58.0 cm³/mol. The quantitative estimate of drug-likeness (QED) is 0.523. The van der Waals surface area contributed by atoms with Crippen LogP contribution in [0, 0.1) is 0 Å². The molecule has 0 bridgehead atoms. The molecule has 0 spiro atoms. The lowest BCUT2D eigenvalue weighted by Gasteiger charge is -2.32. The van der Waals surface area contributed by atoms with Crippen molar-refractivity contribution < 1.29 is 22.9 Å². The van der Waals surface area contributed by atoms with Crippen LogP contribution in [0.3, 0.4) is 0 Å². The van der Waals surface area contributed by atoms with Crippen molar-refractivity contribution in [3.63, 3.8) is 0 Å². The van der Waals surface area contributed by atoms with E-state index in [2.05, 4.69) is 0 Å². The summed E-state index contributed by atoms with van der Waals surface area (Å²) in [7, 11) is 3.13. The molecule has 0 radical (unpaired) electrons. The fourth-order valence-electron chi connectivity index (χ4n) is 1.56. The number of nitrogens with zero attached hydrogens (tertiary/aromatic N) is 1. The first-order valence-corrected chi connectivity index (χ1v) is 7.26. The molecule has 0 N–H and O–H groups in total. The first-order chi connectivity index (χ1) is 6.54. The Balaban J connectivity index is 4.69. The maximum atomic E-state index is 10.9. The molecule has 0 saturated heterocycles. The fourth-order valence-corrected chi connectivity index (χ4v) is 4.67. The van der Waals surface area contributed by atoms with E-state index < -0.39 is 20.5 Å². The molecule has 0 heterocycles. The van der Waals surface area contributed by atoms with Crippen LogP contribution >= 0.6 is 0 Å². The summed E-state index contributed by atoms with van der Waals surface area (Å²) in [6.07, 6.45) is 0.534. The Morgan fingerprint density at radius 3 is 1.60 bits per heavy atom. The van der Waals surface area contributed by atoms with Gasteiger partial charge in [0.15, 0.2) is 0 Å². The minimum atomic E-state index is -2.74. The average molecular weight is 234 g/mol. The second kappa shape index (κ2) is 4.76. The molecule has 0 fully saturated rings. The zero-order valence-corrected chi connectivity index (χ0v) is 11.3. The maximum absolute atomic E-state index is 10.9. The third-order valence-electron chi connectivity index (χ3n) is 1.48. The fraction of sp³-hybridized carbons (Fsp3) is 0.778. The predicted octanol–water partition coefficient (Wildman–Crippen LogP) is 0.430. The van der Waals surface area contributed by atoms with Crippen LogP contribution in [0.4, 0.5) is 0 Å². The standard InChI is InChI=1S/C9H20NO4Si/c1-8(11)13-15(6,14-9(2)12)7-10(3,4)5/h7H2,1-6H3/q+1. The summed E-state index contributed by atoms with van der Waals surface area (Å²) < 4.78 is 10.9. The van der Waals surface area contributed by atoms with Crippen molar-refractivity contribution in [1.29, 1.82) is 0 Å². The maximum Gasteiger partial charge on any atom is 0.518 e. The molecule has 0 saturated carbocycles. The van der Waals surface area contributed by atoms with Gasteiger partial charge in [0.2, 0.25) is 0 Å². The smallest absolute Gasteiger partial charge is 0.482 e. The lowest BCUT2D eigenvalue weighted by Crippen LogP contribution is -2.56. The molecule has 5 nitrogen and oxygen atoms in total. The zero-order chi connectivity index (χ0) is 12.3. The Hall–Kier alpha value is -0.883. The largest absolute Gasteiger partial charge is 0.518 e. The molecule has 0 aromatic carbocycles. The van der Waals surface area contributed by atoms with Gasteiger partial charge in [0.1, 0.15) is 6.17 Å². The van der Waals surface area contributed by atoms with Gasteiger partial charge in [0, 0.05) is 20.4 Å². The van der Waals surface area contributed by atoms with E-state index >= 15 is 0 Å². The van der Waals surface area contributed by atoms with Crippen molar-refractivity contribution in [2.45, 2.75) is 20.4 Å². The molecular formula is C9H20NO4Si+. The normalized spacial score (nSPS) is 12.1. The number of carbonyl (C=O) groups excluding carboxylic acids is 2. The van der Waals surface area contributed by atoms with Crippen molar-refractivity contribution in [2.75, 3.05) is 27.3 Å². The molecule has 0 aliphatic carbocycles. The van der Waals surface area contributed by atoms with Crippen LogP contribution in [0.25, 0.3) is 0 Å². The van der Waals surface area contributed by atoms with Crippen molar-refractivity contribution >= 4 is 20.5 Å². The summed E-state index contributed by atoms with van der Waals surface area (Å²) in [5, 5.41) is 0. The van der Waals surface area contributed by atoms with Crippen LogP contribution in [0.15, 0.2) is 0 Å². The van der Waals surface area contributed by atoms with Crippen LogP contribution < -0.4 is 0 Å². The van der Waals surface area contributed by atoms with E-state index in [4.69, 9.17) is 8.85 Å². The van der Waals surface area contributed by atoms with Gasteiger partial charge in [-0.3, -0.25) is 9.59 Å². The van der Waals surface area contributed by atoms with E-state index in [0.717, 1.165) is 0 Å². The molecule has 88 valence electrons. The van der Waals surface area contributed by atoms with Crippen molar-refractivity contribution in [3.8, 4) is 0 Å². The Bertz CT molecular complexity index is 243. The van der Waals surface area contributed by atoms with Crippen LogP contribution in [0.1, 0.15) is 13.8 Å². The van der Waals surface area contributed by atoms with Gasteiger partial charge in [-0.15, -0.1) is 0 Å². The Morgan fingerprint density at radius 2 is 1.40 bits per heavy atom. The highest BCUT2D eigenvalue weighted by Gasteiger charge is 2.44. The second-order valence-corrected chi connectivity index (χ2v) is 7.76. The van der Waals surface area contributed by atoms with Gasteiger partial charge in [-0.2, -0.15) is 0 Å². The summed E-state index contributed by atoms with van der Waals surface area (Å²) in [6, 6.07) is 0.